The Kier molecular flexibility index (Phi) is 4.83. The molecule has 0 radical (unpaired) electrons. The quantitative estimate of drug-likeness (QED) is 0.792. The molecule has 0 aliphatic heterocycles. The zero-order chi connectivity index (χ0) is 14.7. The molecule has 0 aliphatic rings. The van der Waals surface area contributed by atoms with Crippen LogP contribution in [0.3, 0.4) is 0 Å². The zero-order valence-electron chi connectivity index (χ0n) is 10.8. The molecule has 0 aromatic heterocycles. The van der Waals surface area contributed by atoms with Crippen molar-refractivity contribution in [2.75, 3.05) is 0 Å². The summed E-state index contributed by atoms with van der Waals surface area (Å²) in [7, 11) is 0. The summed E-state index contributed by atoms with van der Waals surface area (Å²) in [6.07, 6.45) is 0. The molecule has 0 fully saturated rings. The van der Waals surface area contributed by atoms with Crippen LogP contribution >= 0.6 is 15.9 Å². The average molecular weight is 344 g/mol. The molecule has 1 unspecified atom stereocenters. The lowest BCUT2D eigenvalue weighted by molar-refractivity contribution is 0.443. The van der Waals surface area contributed by atoms with Gasteiger partial charge in [0.15, 0.2) is 17.5 Å². The Morgan fingerprint density at radius 2 is 1.60 bits per heavy atom. The van der Waals surface area contributed by atoms with E-state index in [0.29, 0.717) is 5.56 Å². The normalized spacial score (nSPS) is 12.4. The minimum atomic E-state index is -1.44. The largest absolute Gasteiger partial charge is 0.306 e. The van der Waals surface area contributed by atoms with Gasteiger partial charge < -0.3 is 5.32 Å². The van der Waals surface area contributed by atoms with Gasteiger partial charge in [-0.2, -0.15) is 0 Å². The highest BCUT2D eigenvalue weighted by Crippen LogP contribution is 2.18. The Labute approximate surface area is 123 Å². The number of benzene rings is 2. The molecule has 0 aliphatic carbocycles. The molecule has 0 bridgehead atoms. The lowest BCUT2D eigenvalue weighted by atomic mass is 10.1. The summed E-state index contributed by atoms with van der Waals surface area (Å²) in [4.78, 5) is 0. The third-order valence-electron chi connectivity index (χ3n) is 3.03. The summed E-state index contributed by atoms with van der Waals surface area (Å²) in [5.74, 6) is -3.77. The van der Waals surface area contributed by atoms with Gasteiger partial charge in [-0.3, -0.25) is 0 Å². The molecule has 20 heavy (non-hydrogen) atoms. The van der Waals surface area contributed by atoms with Crippen molar-refractivity contribution in [3.8, 4) is 0 Å². The minimum Gasteiger partial charge on any atom is -0.306 e. The van der Waals surface area contributed by atoms with E-state index in [-0.39, 0.29) is 12.6 Å². The SMILES string of the molecule is CC(NCc1cc(F)c(F)c(F)c1)c1ccc(Br)cc1. The van der Waals surface area contributed by atoms with E-state index in [2.05, 4.69) is 21.2 Å². The van der Waals surface area contributed by atoms with Crippen molar-refractivity contribution in [2.45, 2.75) is 19.5 Å². The van der Waals surface area contributed by atoms with Crippen molar-refractivity contribution in [3.63, 3.8) is 0 Å². The van der Waals surface area contributed by atoms with Crippen LogP contribution < -0.4 is 5.32 Å². The summed E-state index contributed by atoms with van der Waals surface area (Å²) < 4.78 is 40.0. The lowest BCUT2D eigenvalue weighted by Gasteiger charge is -2.14. The number of hydrogen-bond acceptors (Lipinski definition) is 1. The second kappa shape index (κ2) is 6.41. The number of hydrogen-bond donors (Lipinski definition) is 1. The third-order valence-corrected chi connectivity index (χ3v) is 3.55. The Morgan fingerprint density at radius 3 is 2.15 bits per heavy atom. The van der Waals surface area contributed by atoms with Crippen LogP contribution in [0, 0.1) is 17.5 Å². The summed E-state index contributed by atoms with van der Waals surface area (Å²) in [5, 5.41) is 3.14. The van der Waals surface area contributed by atoms with Crippen molar-refractivity contribution in [1.82, 2.24) is 5.32 Å². The monoisotopic (exact) mass is 343 g/mol. The zero-order valence-corrected chi connectivity index (χ0v) is 12.3. The molecule has 0 saturated heterocycles. The lowest BCUT2D eigenvalue weighted by Crippen LogP contribution is -2.18. The van der Waals surface area contributed by atoms with Crippen LogP contribution in [0.4, 0.5) is 13.2 Å². The molecule has 1 N–H and O–H groups in total. The highest BCUT2D eigenvalue weighted by molar-refractivity contribution is 9.10. The Morgan fingerprint density at radius 1 is 1.05 bits per heavy atom. The minimum absolute atomic E-state index is 0.0132. The van der Waals surface area contributed by atoms with Gasteiger partial charge in [0.05, 0.1) is 0 Å². The number of nitrogens with one attached hydrogen (secondary N) is 1. The first kappa shape index (κ1) is 15.1. The summed E-state index contributed by atoms with van der Waals surface area (Å²) >= 11 is 3.35. The molecular weight excluding hydrogens is 331 g/mol. The summed E-state index contributed by atoms with van der Waals surface area (Å²) in [5.41, 5.74) is 1.42. The maximum absolute atomic E-state index is 13.1. The molecule has 1 atom stereocenters. The molecule has 0 amide bonds. The smallest absolute Gasteiger partial charge is 0.194 e. The van der Waals surface area contributed by atoms with Gasteiger partial charge in [-0.05, 0) is 42.3 Å². The molecule has 2 rings (SSSR count). The van der Waals surface area contributed by atoms with E-state index in [1.807, 2.05) is 31.2 Å². The van der Waals surface area contributed by atoms with Crippen LogP contribution in [-0.4, -0.2) is 0 Å². The molecule has 106 valence electrons. The maximum atomic E-state index is 13.1. The first-order valence-corrected chi connectivity index (χ1v) is 6.89. The topological polar surface area (TPSA) is 12.0 Å². The summed E-state index contributed by atoms with van der Waals surface area (Å²) in [6, 6.07) is 9.76. The number of halogens is 4. The molecule has 2 aromatic rings. The highest BCUT2D eigenvalue weighted by atomic mass is 79.9. The van der Waals surface area contributed by atoms with Crippen molar-refractivity contribution < 1.29 is 13.2 Å². The van der Waals surface area contributed by atoms with Gasteiger partial charge in [0.2, 0.25) is 0 Å². The molecule has 5 heteroatoms. The molecule has 1 nitrogen and oxygen atoms in total. The van der Waals surface area contributed by atoms with Gasteiger partial charge in [0.1, 0.15) is 0 Å². The standard InChI is InChI=1S/C15H13BrF3N/c1-9(11-2-4-12(16)5-3-11)20-8-10-6-13(17)15(19)14(18)7-10/h2-7,9,20H,8H2,1H3. The van der Waals surface area contributed by atoms with Crippen molar-refractivity contribution in [1.29, 1.82) is 0 Å². The van der Waals surface area contributed by atoms with E-state index in [1.54, 1.807) is 0 Å². The fourth-order valence-corrected chi connectivity index (χ4v) is 2.11. The van der Waals surface area contributed by atoms with Gasteiger partial charge in [-0.15, -0.1) is 0 Å². The van der Waals surface area contributed by atoms with Gasteiger partial charge in [0, 0.05) is 17.1 Å². The van der Waals surface area contributed by atoms with Crippen molar-refractivity contribution in [3.05, 3.63) is 69.4 Å². The molecular formula is C15H13BrF3N. The fraction of sp³-hybridized carbons (Fsp3) is 0.200. The molecule has 2 aromatic carbocycles. The van der Waals surface area contributed by atoms with Crippen LogP contribution in [0.1, 0.15) is 24.1 Å². The predicted molar refractivity (Wildman–Crippen MR) is 75.7 cm³/mol. The number of rotatable bonds is 4. The fourth-order valence-electron chi connectivity index (χ4n) is 1.85. The summed E-state index contributed by atoms with van der Waals surface area (Å²) in [6.45, 7) is 2.20. The van der Waals surface area contributed by atoms with Crippen LogP contribution in [0.25, 0.3) is 0 Å². The third kappa shape index (κ3) is 3.61. The van der Waals surface area contributed by atoms with Gasteiger partial charge in [0.25, 0.3) is 0 Å². The molecule has 0 heterocycles. The van der Waals surface area contributed by atoms with Crippen LogP contribution in [-0.2, 0) is 6.54 Å². The second-order valence-corrected chi connectivity index (χ2v) is 5.44. The van der Waals surface area contributed by atoms with Crippen LogP contribution in [0.5, 0.6) is 0 Å². The Bertz CT molecular complexity index is 576. The van der Waals surface area contributed by atoms with Crippen molar-refractivity contribution >= 4 is 15.9 Å². The van der Waals surface area contributed by atoms with Gasteiger partial charge in [-0.1, -0.05) is 28.1 Å². The van der Waals surface area contributed by atoms with E-state index in [9.17, 15) is 13.2 Å². The first-order chi connectivity index (χ1) is 9.47. The Hall–Kier alpha value is -1.33. The molecule has 0 spiro atoms. The Balaban J connectivity index is 2.03. The van der Waals surface area contributed by atoms with E-state index in [0.717, 1.165) is 22.2 Å². The average Bonchev–Trinajstić information content (AvgIpc) is 2.42. The predicted octanol–water partition coefficient (Wildman–Crippen LogP) is 4.72. The van der Waals surface area contributed by atoms with Crippen LogP contribution in [0.15, 0.2) is 40.9 Å². The second-order valence-electron chi connectivity index (χ2n) is 4.53. The van der Waals surface area contributed by atoms with E-state index in [4.69, 9.17) is 0 Å². The van der Waals surface area contributed by atoms with Crippen molar-refractivity contribution in [2.24, 2.45) is 0 Å². The van der Waals surface area contributed by atoms with E-state index in [1.165, 1.54) is 0 Å². The van der Waals surface area contributed by atoms with Crippen LogP contribution in [0.2, 0.25) is 0 Å². The first-order valence-electron chi connectivity index (χ1n) is 6.09. The van der Waals surface area contributed by atoms with E-state index < -0.39 is 17.5 Å². The maximum Gasteiger partial charge on any atom is 0.194 e. The highest BCUT2D eigenvalue weighted by Gasteiger charge is 2.11. The van der Waals surface area contributed by atoms with Gasteiger partial charge >= 0.3 is 0 Å². The molecule has 0 saturated carbocycles. The van der Waals surface area contributed by atoms with Gasteiger partial charge in [-0.25, -0.2) is 13.2 Å². The van der Waals surface area contributed by atoms with E-state index >= 15 is 0 Å².